The maximum atomic E-state index is 11.2. The summed E-state index contributed by atoms with van der Waals surface area (Å²) in [6.45, 7) is 7.94. The predicted octanol–water partition coefficient (Wildman–Crippen LogP) is 1.10. The molecule has 0 bridgehead atoms. The Morgan fingerprint density at radius 3 is 2.29 bits per heavy atom. The molecule has 4 nitrogen and oxygen atoms in total. The van der Waals surface area contributed by atoms with Crippen molar-refractivity contribution in [3.8, 4) is 0 Å². The highest BCUT2D eigenvalue weighted by molar-refractivity contribution is 5.82. The number of hydrogen-bond acceptors (Lipinski definition) is 3. The van der Waals surface area contributed by atoms with Crippen molar-refractivity contribution in [3.05, 3.63) is 0 Å². The maximum absolute atomic E-state index is 11.2. The van der Waals surface area contributed by atoms with Crippen LogP contribution in [0.15, 0.2) is 0 Å². The molecule has 0 aliphatic heterocycles. The second-order valence-corrected chi connectivity index (χ2v) is 4.32. The molecule has 0 heterocycles. The van der Waals surface area contributed by atoms with Crippen LogP contribution >= 0.6 is 0 Å². The highest BCUT2D eigenvalue weighted by Crippen LogP contribution is 2.17. The minimum absolute atomic E-state index is 0.0389. The monoisotopic (exact) mass is 201 g/mol. The van der Waals surface area contributed by atoms with Crippen LogP contribution < -0.4 is 5.32 Å². The van der Waals surface area contributed by atoms with Gasteiger partial charge in [0.15, 0.2) is 0 Å². The van der Waals surface area contributed by atoms with Crippen molar-refractivity contribution in [1.82, 2.24) is 5.32 Å². The Morgan fingerprint density at radius 1 is 1.29 bits per heavy atom. The molecule has 0 aliphatic rings. The van der Waals surface area contributed by atoms with E-state index in [9.17, 15) is 9.59 Å². The molecule has 0 aromatic heterocycles. The first kappa shape index (κ1) is 12.9. The summed E-state index contributed by atoms with van der Waals surface area (Å²) in [5.74, 6) is -0.514. The molecule has 14 heavy (non-hydrogen) atoms. The number of rotatable bonds is 4. The van der Waals surface area contributed by atoms with Crippen LogP contribution in [-0.4, -0.2) is 25.0 Å². The Kier molecular flexibility index (Phi) is 5.20. The van der Waals surface area contributed by atoms with E-state index in [4.69, 9.17) is 0 Å². The Labute approximate surface area is 85.0 Å². The SMILES string of the molecule is CCOC(=O)CNC(=O)CC(C)(C)C. The summed E-state index contributed by atoms with van der Waals surface area (Å²) < 4.78 is 4.67. The fourth-order valence-corrected chi connectivity index (χ4v) is 0.927. The zero-order valence-corrected chi connectivity index (χ0v) is 9.35. The smallest absolute Gasteiger partial charge is 0.325 e. The van der Waals surface area contributed by atoms with Gasteiger partial charge in [0.1, 0.15) is 6.54 Å². The van der Waals surface area contributed by atoms with Gasteiger partial charge < -0.3 is 10.1 Å². The summed E-state index contributed by atoms with van der Waals surface area (Å²) in [4.78, 5) is 22.1. The standard InChI is InChI=1S/C10H19NO3/c1-5-14-9(13)7-11-8(12)6-10(2,3)4/h5-7H2,1-4H3,(H,11,12). The van der Waals surface area contributed by atoms with Crippen molar-refractivity contribution in [1.29, 1.82) is 0 Å². The van der Waals surface area contributed by atoms with E-state index in [-0.39, 0.29) is 17.9 Å². The van der Waals surface area contributed by atoms with E-state index in [2.05, 4.69) is 10.1 Å². The molecule has 1 N–H and O–H groups in total. The van der Waals surface area contributed by atoms with Crippen LogP contribution in [0.2, 0.25) is 0 Å². The van der Waals surface area contributed by atoms with Crippen molar-refractivity contribution in [2.45, 2.75) is 34.1 Å². The Morgan fingerprint density at radius 2 is 1.86 bits per heavy atom. The van der Waals surface area contributed by atoms with Crippen LogP contribution in [0.5, 0.6) is 0 Å². The molecule has 0 saturated carbocycles. The van der Waals surface area contributed by atoms with E-state index in [0.717, 1.165) is 0 Å². The van der Waals surface area contributed by atoms with E-state index in [1.54, 1.807) is 6.92 Å². The van der Waals surface area contributed by atoms with Crippen LogP contribution in [0.3, 0.4) is 0 Å². The Hall–Kier alpha value is -1.06. The molecule has 4 heteroatoms. The van der Waals surface area contributed by atoms with Crippen LogP contribution in [0.25, 0.3) is 0 Å². The average molecular weight is 201 g/mol. The number of hydrogen-bond donors (Lipinski definition) is 1. The first-order chi connectivity index (χ1) is 6.35. The lowest BCUT2D eigenvalue weighted by Gasteiger charge is -2.16. The fraction of sp³-hybridized carbons (Fsp3) is 0.800. The highest BCUT2D eigenvalue weighted by atomic mass is 16.5. The summed E-state index contributed by atoms with van der Waals surface area (Å²) in [5, 5.41) is 2.51. The van der Waals surface area contributed by atoms with E-state index in [1.165, 1.54) is 0 Å². The average Bonchev–Trinajstić information content (AvgIpc) is 1.98. The highest BCUT2D eigenvalue weighted by Gasteiger charge is 2.16. The molecule has 1 amide bonds. The number of carbonyl (C=O) groups is 2. The third-order valence-electron chi connectivity index (χ3n) is 1.43. The summed E-state index contributed by atoms with van der Waals surface area (Å²) >= 11 is 0. The van der Waals surface area contributed by atoms with Gasteiger partial charge in [-0.2, -0.15) is 0 Å². The van der Waals surface area contributed by atoms with Gasteiger partial charge in [0.2, 0.25) is 5.91 Å². The summed E-state index contributed by atoms with van der Waals surface area (Å²) in [7, 11) is 0. The lowest BCUT2D eigenvalue weighted by atomic mass is 9.92. The van der Waals surface area contributed by atoms with Crippen molar-refractivity contribution < 1.29 is 14.3 Å². The number of carbonyl (C=O) groups excluding carboxylic acids is 2. The van der Waals surface area contributed by atoms with Crippen LogP contribution in [0, 0.1) is 5.41 Å². The fourth-order valence-electron chi connectivity index (χ4n) is 0.927. The molecule has 0 saturated heterocycles. The van der Waals surface area contributed by atoms with Gasteiger partial charge in [0.25, 0.3) is 0 Å². The zero-order valence-electron chi connectivity index (χ0n) is 9.35. The van der Waals surface area contributed by atoms with Gasteiger partial charge in [0.05, 0.1) is 6.61 Å². The van der Waals surface area contributed by atoms with Gasteiger partial charge in [-0.15, -0.1) is 0 Å². The topological polar surface area (TPSA) is 55.4 Å². The summed E-state index contributed by atoms with van der Waals surface area (Å²) in [6.07, 6.45) is 0.409. The normalized spacial score (nSPS) is 10.9. The second-order valence-electron chi connectivity index (χ2n) is 4.32. The first-order valence-corrected chi connectivity index (χ1v) is 4.77. The van der Waals surface area contributed by atoms with E-state index >= 15 is 0 Å². The molecular weight excluding hydrogens is 182 g/mol. The minimum Gasteiger partial charge on any atom is -0.465 e. The molecule has 0 radical (unpaired) electrons. The van der Waals surface area contributed by atoms with E-state index in [1.807, 2.05) is 20.8 Å². The van der Waals surface area contributed by atoms with Crippen molar-refractivity contribution in [2.75, 3.05) is 13.2 Å². The molecule has 0 rings (SSSR count). The molecule has 0 fully saturated rings. The molecule has 0 aliphatic carbocycles. The van der Waals surface area contributed by atoms with Crippen LogP contribution in [0.1, 0.15) is 34.1 Å². The molecule has 0 aromatic carbocycles. The lowest BCUT2D eigenvalue weighted by molar-refractivity contribution is -0.143. The minimum atomic E-state index is -0.394. The van der Waals surface area contributed by atoms with Gasteiger partial charge in [-0.1, -0.05) is 20.8 Å². The van der Waals surface area contributed by atoms with Crippen LogP contribution in [0.4, 0.5) is 0 Å². The first-order valence-electron chi connectivity index (χ1n) is 4.77. The quantitative estimate of drug-likeness (QED) is 0.693. The van der Waals surface area contributed by atoms with Gasteiger partial charge in [-0.05, 0) is 12.3 Å². The van der Waals surface area contributed by atoms with Gasteiger partial charge in [-0.3, -0.25) is 9.59 Å². The number of ether oxygens (including phenoxy) is 1. The van der Waals surface area contributed by atoms with Gasteiger partial charge in [0, 0.05) is 6.42 Å². The van der Waals surface area contributed by atoms with Crippen molar-refractivity contribution in [2.24, 2.45) is 5.41 Å². The number of nitrogens with one attached hydrogen (secondary N) is 1. The van der Waals surface area contributed by atoms with E-state index in [0.29, 0.717) is 13.0 Å². The summed E-state index contributed by atoms with van der Waals surface area (Å²) in [5.41, 5.74) is -0.0568. The molecule has 0 aromatic rings. The summed E-state index contributed by atoms with van der Waals surface area (Å²) in [6, 6.07) is 0. The second kappa shape index (κ2) is 5.62. The molecule has 0 spiro atoms. The maximum Gasteiger partial charge on any atom is 0.325 e. The molecule has 82 valence electrons. The lowest BCUT2D eigenvalue weighted by Crippen LogP contribution is -2.32. The van der Waals surface area contributed by atoms with Crippen LogP contribution in [-0.2, 0) is 14.3 Å². The molecule has 0 atom stereocenters. The van der Waals surface area contributed by atoms with Crippen molar-refractivity contribution >= 4 is 11.9 Å². The third kappa shape index (κ3) is 7.58. The van der Waals surface area contributed by atoms with Crippen molar-refractivity contribution in [3.63, 3.8) is 0 Å². The Balaban J connectivity index is 3.70. The number of amides is 1. The Bertz CT molecular complexity index is 206. The molecular formula is C10H19NO3. The zero-order chi connectivity index (χ0) is 11.2. The van der Waals surface area contributed by atoms with Gasteiger partial charge >= 0.3 is 5.97 Å². The predicted molar refractivity (Wildman–Crippen MR) is 53.7 cm³/mol. The largest absolute Gasteiger partial charge is 0.465 e. The van der Waals surface area contributed by atoms with Gasteiger partial charge in [-0.25, -0.2) is 0 Å². The van der Waals surface area contributed by atoms with E-state index < -0.39 is 5.97 Å². The molecule has 0 unspecified atom stereocenters. The third-order valence-corrected chi connectivity index (χ3v) is 1.43. The number of esters is 1.